The van der Waals surface area contributed by atoms with Crippen molar-refractivity contribution in [2.75, 3.05) is 23.3 Å². The molecule has 0 radical (unpaired) electrons. The van der Waals surface area contributed by atoms with E-state index in [4.69, 9.17) is 0 Å². The van der Waals surface area contributed by atoms with Gasteiger partial charge in [-0.1, -0.05) is 5.92 Å². The number of rotatable bonds is 6. The molecule has 0 bridgehead atoms. The molecule has 1 aliphatic carbocycles. The maximum absolute atomic E-state index is 14.1. The second-order valence-corrected chi connectivity index (χ2v) is 11.1. The standard InChI is InChI=1S/C26H26FN9O3S/c1-5-6-7-35-23(38)19-20(33(4)25(35)39)30-13-36(19)14(2)21(37)31-18-12-40-22(32-18)15-8-28-24(29-9-15)34-10-16-17(11-34)26(16,3)27/h8-9,12-14,16-17H,7,10-11H2,1-4H3,(H,31,37)/t14-,16?,17?,26?/m0/s1. The maximum Gasteiger partial charge on any atom is 0.333 e. The first-order chi connectivity index (χ1) is 19.1. The fourth-order valence-electron chi connectivity index (χ4n) is 5.28. The van der Waals surface area contributed by atoms with E-state index < -0.39 is 28.9 Å². The van der Waals surface area contributed by atoms with Gasteiger partial charge < -0.3 is 14.8 Å². The van der Waals surface area contributed by atoms with Gasteiger partial charge in [-0.15, -0.1) is 17.3 Å². The van der Waals surface area contributed by atoms with E-state index in [1.54, 1.807) is 38.5 Å². The number of amides is 1. The molecule has 3 atom stereocenters. The average Bonchev–Trinajstić information content (AvgIpc) is 3.53. The van der Waals surface area contributed by atoms with Gasteiger partial charge in [0, 0.05) is 55.3 Å². The topological polar surface area (TPSA) is 133 Å². The van der Waals surface area contributed by atoms with Crippen molar-refractivity contribution in [3.05, 3.63) is 44.9 Å². The second kappa shape index (κ2) is 9.37. The van der Waals surface area contributed by atoms with Crippen LogP contribution in [0.25, 0.3) is 21.7 Å². The minimum atomic E-state index is -1.07. The van der Waals surface area contributed by atoms with Crippen LogP contribution in [0.1, 0.15) is 26.8 Å². The van der Waals surface area contributed by atoms with Crippen LogP contribution in [0.3, 0.4) is 0 Å². The Morgan fingerprint density at radius 3 is 2.62 bits per heavy atom. The molecule has 0 aromatic carbocycles. The van der Waals surface area contributed by atoms with Crippen molar-refractivity contribution in [1.29, 1.82) is 0 Å². The second-order valence-electron chi connectivity index (χ2n) is 10.2. The van der Waals surface area contributed by atoms with E-state index in [0.29, 0.717) is 35.4 Å². The van der Waals surface area contributed by atoms with Gasteiger partial charge in [0.1, 0.15) is 22.5 Å². The number of nitrogens with one attached hydrogen (secondary N) is 1. The third-order valence-corrected chi connectivity index (χ3v) is 8.74. The molecule has 1 aliphatic heterocycles. The quantitative estimate of drug-likeness (QED) is 0.352. The van der Waals surface area contributed by atoms with E-state index in [9.17, 15) is 18.8 Å². The monoisotopic (exact) mass is 563 g/mol. The minimum Gasteiger partial charge on any atom is -0.340 e. The number of imidazole rings is 1. The Hall–Kier alpha value is -4.38. The van der Waals surface area contributed by atoms with E-state index >= 15 is 0 Å². The van der Waals surface area contributed by atoms with Crippen LogP contribution in [0.4, 0.5) is 16.2 Å². The van der Waals surface area contributed by atoms with Crippen LogP contribution in [0, 0.1) is 23.7 Å². The lowest BCUT2D eigenvalue weighted by Gasteiger charge is -2.20. The highest BCUT2D eigenvalue weighted by molar-refractivity contribution is 7.13. The highest BCUT2D eigenvalue weighted by atomic mass is 32.1. The van der Waals surface area contributed by atoms with Crippen LogP contribution >= 0.6 is 11.3 Å². The third-order valence-electron chi connectivity index (χ3n) is 7.85. The molecule has 12 nitrogen and oxygen atoms in total. The van der Waals surface area contributed by atoms with Gasteiger partial charge in [-0.2, -0.15) is 0 Å². The summed E-state index contributed by atoms with van der Waals surface area (Å²) in [6, 6.07) is -0.827. The van der Waals surface area contributed by atoms with E-state index in [-0.39, 0.29) is 29.5 Å². The lowest BCUT2D eigenvalue weighted by molar-refractivity contribution is -0.118. The lowest BCUT2D eigenvalue weighted by atomic mass is 10.2. The zero-order valence-electron chi connectivity index (χ0n) is 22.3. The summed E-state index contributed by atoms with van der Waals surface area (Å²) in [5.41, 5.74) is -1.16. The van der Waals surface area contributed by atoms with E-state index in [1.165, 1.54) is 33.8 Å². The molecule has 206 valence electrons. The molecule has 6 rings (SSSR count). The van der Waals surface area contributed by atoms with Crippen molar-refractivity contribution >= 4 is 40.2 Å². The average molecular weight is 564 g/mol. The van der Waals surface area contributed by atoms with Crippen molar-refractivity contribution in [2.24, 2.45) is 18.9 Å². The Morgan fingerprint density at radius 2 is 1.95 bits per heavy atom. The molecule has 40 heavy (non-hydrogen) atoms. The predicted octanol–water partition coefficient (Wildman–Crippen LogP) is 1.83. The highest BCUT2D eigenvalue weighted by Crippen LogP contribution is 2.58. The summed E-state index contributed by atoms with van der Waals surface area (Å²) in [5, 5.41) is 5.11. The van der Waals surface area contributed by atoms with Gasteiger partial charge in [-0.25, -0.2) is 33.7 Å². The first-order valence-electron chi connectivity index (χ1n) is 12.7. The molecule has 2 fully saturated rings. The van der Waals surface area contributed by atoms with Gasteiger partial charge in [0.15, 0.2) is 11.2 Å². The van der Waals surface area contributed by atoms with Crippen molar-refractivity contribution < 1.29 is 9.18 Å². The third kappa shape index (κ3) is 4.08. The summed E-state index contributed by atoms with van der Waals surface area (Å²) in [6.45, 7) is 6.08. The molecule has 1 N–H and O–H groups in total. The predicted molar refractivity (Wildman–Crippen MR) is 148 cm³/mol. The Bertz CT molecular complexity index is 1810. The van der Waals surface area contributed by atoms with Crippen LogP contribution in [-0.2, 0) is 18.4 Å². The highest BCUT2D eigenvalue weighted by Gasteiger charge is 2.67. The number of hydrogen-bond acceptors (Lipinski definition) is 9. The van der Waals surface area contributed by atoms with Crippen molar-refractivity contribution in [1.82, 2.24) is 33.6 Å². The number of fused-ring (bicyclic) bond motifs is 2. The van der Waals surface area contributed by atoms with Gasteiger partial charge in [0.25, 0.3) is 5.56 Å². The molecule has 4 aromatic rings. The van der Waals surface area contributed by atoms with E-state index in [0.717, 1.165) is 4.57 Å². The zero-order valence-corrected chi connectivity index (χ0v) is 23.1. The largest absolute Gasteiger partial charge is 0.340 e. The number of thiazole rings is 1. The number of piperidine rings is 1. The number of aromatic nitrogens is 7. The Kier molecular flexibility index (Phi) is 6.06. The van der Waals surface area contributed by atoms with Crippen LogP contribution in [0.5, 0.6) is 0 Å². The van der Waals surface area contributed by atoms with Crippen molar-refractivity contribution in [3.8, 4) is 22.4 Å². The summed E-state index contributed by atoms with van der Waals surface area (Å²) >= 11 is 1.32. The number of hydrogen-bond donors (Lipinski definition) is 1. The molecule has 2 unspecified atom stereocenters. The van der Waals surface area contributed by atoms with Gasteiger partial charge in [-0.05, 0) is 20.8 Å². The van der Waals surface area contributed by atoms with Crippen LogP contribution < -0.4 is 21.5 Å². The Labute approximate surface area is 231 Å². The van der Waals surface area contributed by atoms with Gasteiger partial charge >= 0.3 is 5.69 Å². The number of halogens is 1. The van der Waals surface area contributed by atoms with Crippen LogP contribution in [0.15, 0.2) is 33.7 Å². The lowest BCUT2D eigenvalue weighted by Crippen LogP contribution is -2.40. The molecule has 1 saturated carbocycles. The smallest absolute Gasteiger partial charge is 0.333 e. The van der Waals surface area contributed by atoms with E-state index in [2.05, 4.69) is 37.1 Å². The molecule has 2 aliphatic rings. The fraction of sp³-hybridized carbons (Fsp3) is 0.423. The molecule has 1 amide bonds. The first kappa shape index (κ1) is 25.9. The summed E-state index contributed by atoms with van der Waals surface area (Å²) in [4.78, 5) is 58.5. The maximum atomic E-state index is 14.1. The number of aryl methyl sites for hydroxylation is 1. The van der Waals surface area contributed by atoms with Crippen LogP contribution in [0.2, 0.25) is 0 Å². The molecule has 1 saturated heterocycles. The van der Waals surface area contributed by atoms with Gasteiger partial charge in [0.2, 0.25) is 11.9 Å². The van der Waals surface area contributed by atoms with Gasteiger partial charge in [0.05, 0.1) is 12.9 Å². The van der Waals surface area contributed by atoms with E-state index in [1.807, 2.05) is 4.90 Å². The normalized spacial score (nSPS) is 22.1. The van der Waals surface area contributed by atoms with Crippen molar-refractivity contribution in [3.63, 3.8) is 0 Å². The zero-order chi connectivity index (χ0) is 28.3. The molecule has 14 heteroatoms. The summed E-state index contributed by atoms with van der Waals surface area (Å²) in [5.74, 6) is 6.00. The fourth-order valence-corrected chi connectivity index (χ4v) is 6.01. The molecule has 4 aromatic heterocycles. The molecular weight excluding hydrogens is 537 g/mol. The number of anilines is 2. The summed E-state index contributed by atoms with van der Waals surface area (Å²) in [6.07, 6.45) is 4.71. The number of carbonyl (C=O) groups excluding carboxylic acids is 1. The number of nitrogens with zero attached hydrogens (tertiary/aromatic N) is 8. The number of carbonyl (C=O) groups is 1. The summed E-state index contributed by atoms with van der Waals surface area (Å²) < 4.78 is 17.9. The molecular formula is C26H26FN9O3S. The SMILES string of the molecule is CC#CCn1c(=O)c2c(ncn2[C@@H](C)C(=O)Nc2csc(-c3cnc(N4CC5C(C4)C5(C)F)nc3)n2)n(C)c1=O. The Morgan fingerprint density at radius 1 is 1.25 bits per heavy atom. The first-order valence-corrected chi connectivity index (χ1v) is 13.6. The Balaban J connectivity index is 1.18. The van der Waals surface area contributed by atoms with Crippen LogP contribution in [-0.4, -0.2) is 58.3 Å². The summed E-state index contributed by atoms with van der Waals surface area (Å²) in [7, 11) is 1.52. The van der Waals surface area contributed by atoms with Crippen molar-refractivity contribution in [2.45, 2.75) is 39.0 Å². The minimum absolute atomic E-state index is 0.0481. The van der Waals surface area contributed by atoms with Gasteiger partial charge in [-0.3, -0.25) is 14.2 Å². The number of alkyl halides is 1. The molecule has 5 heterocycles. The molecule has 0 spiro atoms.